The third-order valence-electron chi connectivity index (χ3n) is 2.75. The first-order chi connectivity index (χ1) is 8.84. The Bertz CT molecular complexity index is 410. The summed E-state index contributed by atoms with van der Waals surface area (Å²) in [6.45, 7) is 8.42. The van der Waals surface area contributed by atoms with Crippen molar-refractivity contribution >= 4 is 11.8 Å². The highest BCUT2D eigenvalue weighted by atomic mass is 16.5. The smallest absolute Gasteiger partial charge is 0.339 e. The van der Waals surface area contributed by atoms with Crippen LogP contribution in [-0.2, 0) is 4.74 Å². The predicted molar refractivity (Wildman–Crippen MR) is 74.1 cm³/mol. The number of ether oxygens (including phenoxy) is 1. The number of rotatable bonds is 5. The summed E-state index contributed by atoms with van der Waals surface area (Å²) in [7, 11) is 0. The average molecular weight is 266 g/mol. The van der Waals surface area contributed by atoms with E-state index < -0.39 is 6.10 Å². The van der Waals surface area contributed by atoms with E-state index in [4.69, 9.17) is 4.74 Å². The van der Waals surface area contributed by atoms with Crippen molar-refractivity contribution in [3.63, 3.8) is 0 Å². The number of esters is 1. The van der Waals surface area contributed by atoms with Gasteiger partial charge in [-0.3, -0.25) is 0 Å². The fourth-order valence-electron chi connectivity index (χ4n) is 1.34. The van der Waals surface area contributed by atoms with E-state index in [0.29, 0.717) is 24.5 Å². The van der Waals surface area contributed by atoms with Crippen LogP contribution in [0.1, 0.15) is 38.1 Å². The zero-order valence-electron chi connectivity index (χ0n) is 11.9. The van der Waals surface area contributed by atoms with Crippen LogP contribution in [0, 0.1) is 5.41 Å². The van der Waals surface area contributed by atoms with Gasteiger partial charge in [0, 0.05) is 12.7 Å². The van der Waals surface area contributed by atoms with Crippen molar-refractivity contribution in [2.45, 2.75) is 33.8 Å². The lowest BCUT2D eigenvalue weighted by Crippen LogP contribution is -2.33. The molecule has 0 aliphatic carbocycles. The molecule has 19 heavy (non-hydrogen) atoms. The number of hydrogen-bond acceptors (Lipinski definition) is 5. The highest BCUT2D eigenvalue weighted by Crippen LogP contribution is 2.19. The van der Waals surface area contributed by atoms with Gasteiger partial charge in [0.05, 0.1) is 18.3 Å². The molecule has 1 atom stereocenters. The van der Waals surface area contributed by atoms with Crippen LogP contribution >= 0.6 is 0 Å². The van der Waals surface area contributed by atoms with Crippen molar-refractivity contribution in [3.8, 4) is 0 Å². The van der Waals surface area contributed by atoms with Crippen LogP contribution in [0.3, 0.4) is 0 Å². The minimum absolute atomic E-state index is 0.183. The van der Waals surface area contributed by atoms with Crippen molar-refractivity contribution in [2.24, 2.45) is 5.41 Å². The number of nitrogens with one attached hydrogen (secondary N) is 1. The van der Waals surface area contributed by atoms with Crippen molar-refractivity contribution in [2.75, 3.05) is 18.5 Å². The number of carbonyl (C=O) groups excluding carboxylic acids is 1. The van der Waals surface area contributed by atoms with Gasteiger partial charge in [-0.05, 0) is 24.5 Å². The molecule has 0 aliphatic rings. The predicted octanol–water partition coefficient (Wildman–Crippen LogP) is 2.08. The third-order valence-corrected chi connectivity index (χ3v) is 2.75. The molecule has 0 aromatic carbocycles. The van der Waals surface area contributed by atoms with Crippen molar-refractivity contribution in [1.82, 2.24) is 4.98 Å². The number of anilines is 1. The number of carbonyl (C=O) groups is 1. The fraction of sp³-hybridized carbons (Fsp3) is 0.571. The molecular formula is C14H22N2O3. The molecule has 2 N–H and O–H groups in total. The first-order valence-electron chi connectivity index (χ1n) is 6.39. The summed E-state index contributed by atoms with van der Waals surface area (Å²) in [4.78, 5) is 15.5. The largest absolute Gasteiger partial charge is 0.462 e. The van der Waals surface area contributed by atoms with Crippen LogP contribution in [0.4, 0.5) is 5.82 Å². The van der Waals surface area contributed by atoms with Gasteiger partial charge in [0.15, 0.2) is 0 Å². The highest BCUT2D eigenvalue weighted by Gasteiger charge is 2.21. The zero-order chi connectivity index (χ0) is 14.5. The van der Waals surface area contributed by atoms with Gasteiger partial charge in [0.25, 0.3) is 0 Å². The summed E-state index contributed by atoms with van der Waals surface area (Å²) in [5.41, 5.74) is 0.237. The van der Waals surface area contributed by atoms with Gasteiger partial charge in [-0.15, -0.1) is 0 Å². The Balaban J connectivity index is 2.56. The summed E-state index contributed by atoms with van der Waals surface area (Å²) in [6.07, 6.45) is 0.989. The van der Waals surface area contributed by atoms with Crippen molar-refractivity contribution in [1.29, 1.82) is 0 Å². The van der Waals surface area contributed by atoms with Crippen LogP contribution in [0.15, 0.2) is 18.3 Å². The van der Waals surface area contributed by atoms with Crippen LogP contribution in [0.25, 0.3) is 0 Å². The van der Waals surface area contributed by atoms with E-state index in [9.17, 15) is 9.90 Å². The molecule has 0 saturated carbocycles. The number of aliphatic hydroxyl groups excluding tert-OH is 1. The van der Waals surface area contributed by atoms with Gasteiger partial charge in [-0.25, -0.2) is 9.78 Å². The number of pyridine rings is 1. The number of hydrogen-bond donors (Lipinski definition) is 2. The monoisotopic (exact) mass is 266 g/mol. The lowest BCUT2D eigenvalue weighted by molar-refractivity contribution is 0.0526. The molecule has 5 heteroatoms. The maximum Gasteiger partial charge on any atom is 0.339 e. The molecule has 0 unspecified atom stereocenters. The molecule has 0 bridgehead atoms. The lowest BCUT2D eigenvalue weighted by Gasteiger charge is -2.26. The molecule has 0 amide bonds. The molecule has 5 nitrogen and oxygen atoms in total. The van der Waals surface area contributed by atoms with Gasteiger partial charge < -0.3 is 15.2 Å². The Kier molecular flexibility index (Phi) is 5.30. The second-order valence-corrected chi connectivity index (χ2v) is 5.42. The van der Waals surface area contributed by atoms with E-state index in [1.165, 1.54) is 6.20 Å². The summed E-state index contributed by atoms with van der Waals surface area (Å²) < 4.78 is 4.87. The van der Waals surface area contributed by atoms with E-state index >= 15 is 0 Å². The Morgan fingerprint density at radius 3 is 2.63 bits per heavy atom. The van der Waals surface area contributed by atoms with Crippen LogP contribution < -0.4 is 5.32 Å². The first-order valence-corrected chi connectivity index (χ1v) is 6.39. The molecule has 0 radical (unpaired) electrons. The normalized spacial score (nSPS) is 12.9. The molecule has 0 fully saturated rings. The molecule has 0 aliphatic heterocycles. The van der Waals surface area contributed by atoms with E-state index in [1.807, 2.05) is 20.8 Å². The van der Waals surface area contributed by atoms with E-state index in [0.717, 1.165) is 0 Å². The molecule has 0 saturated heterocycles. The topological polar surface area (TPSA) is 71.5 Å². The lowest BCUT2D eigenvalue weighted by atomic mass is 9.89. The third kappa shape index (κ3) is 4.87. The van der Waals surface area contributed by atoms with Crippen molar-refractivity contribution in [3.05, 3.63) is 23.9 Å². The SMILES string of the molecule is CCOC(=O)c1ccc(NC[C@H](O)C(C)(C)C)nc1. The molecule has 1 aromatic rings. The van der Waals surface area contributed by atoms with Gasteiger partial charge in [-0.2, -0.15) is 0 Å². The Hall–Kier alpha value is -1.62. The fourth-order valence-corrected chi connectivity index (χ4v) is 1.34. The van der Waals surface area contributed by atoms with Gasteiger partial charge in [0.2, 0.25) is 0 Å². The maximum atomic E-state index is 11.4. The molecule has 1 heterocycles. The Morgan fingerprint density at radius 1 is 1.47 bits per heavy atom. The quantitative estimate of drug-likeness (QED) is 0.798. The minimum Gasteiger partial charge on any atom is -0.462 e. The summed E-state index contributed by atoms with van der Waals surface area (Å²) in [5.74, 6) is 0.243. The molecule has 0 spiro atoms. The molecule has 106 valence electrons. The van der Waals surface area contributed by atoms with E-state index in [2.05, 4.69) is 10.3 Å². The first kappa shape index (κ1) is 15.4. The summed E-state index contributed by atoms with van der Waals surface area (Å²) >= 11 is 0. The molecule has 1 rings (SSSR count). The second-order valence-electron chi connectivity index (χ2n) is 5.42. The summed E-state index contributed by atoms with van der Waals surface area (Å²) in [5, 5.41) is 12.9. The number of nitrogens with zero attached hydrogens (tertiary/aromatic N) is 1. The van der Waals surface area contributed by atoms with Gasteiger partial charge in [-0.1, -0.05) is 20.8 Å². The molecular weight excluding hydrogens is 244 g/mol. The summed E-state index contributed by atoms with van der Waals surface area (Å²) in [6, 6.07) is 3.35. The highest BCUT2D eigenvalue weighted by molar-refractivity contribution is 5.89. The Labute approximate surface area is 114 Å². The maximum absolute atomic E-state index is 11.4. The van der Waals surface area contributed by atoms with E-state index in [-0.39, 0.29) is 11.4 Å². The molecule has 1 aromatic heterocycles. The zero-order valence-corrected chi connectivity index (χ0v) is 11.9. The van der Waals surface area contributed by atoms with Crippen molar-refractivity contribution < 1.29 is 14.6 Å². The van der Waals surface area contributed by atoms with Gasteiger partial charge >= 0.3 is 5.97 Å². The average Bonchev–Trinajstić information content (AvgIpc) is 2.35. The van der Waals surface area contributed by atoms with Crippen LogP contribution in [-0.4, -0.2) is 35.3 Å². The van der Waals surface area contributed by atoms with Gasteiger partial charge in [0.1, 0.15) is 5.82 Å². The van der Waals surface area contributed by atoms with Crippen LogP contribution in [0.2, 0.25) is 0 Å². The van der Waals surface area contributed by atoms with E-state index in [1.54, 1.807) is 19.1 Å². The second kappa shape index (κ2) is 6.52. The Morgan fingerprint density at radius 2 is 2.16 bits per heavy atom. The minimum atomic E-state index is -0.473. The standard InChI is InChI=1S/C14H22N2O3/c1-5-19-13(18)10-6-7-12(15-8-10)16-9-11(17)14(2,3)4/h6-8,11,17H,5,9H2,1-4H3,(H,15,16)/t11-/m0/s1. The number of aliphatic hydroxyl groups is 1. The van der Waals surface area contributed by atoms with Crippen LogP contribution in [0.5, 0.6) is 0 Å². The number of aromatic nitrogens is 1.